The van der Waals surface area contributed by atoms with Crippen molar-refractivity contribution in [2.24, 2.45) is 31.8 Å². The molecule has 4 saturated carbocycles. The summed E-state index contributed by atoms with van der Waals surface area (Å²) < 4.78 is 2.47. The van der Waals surface area contributed by atoms with Gasteiger partial charge < -0.3 is 5.32 Å². The Morgan fingerprint density at radius 1 is 1.04 bits per heavy atom. The van der Waals surface area contributed by atoms with Crippen LogP contribution in [0.5, 0.6) is 0 Å². The number of nitrogens with one attached hydrogen (secondary N) is 1. The summed E-state index contributed by atoms with van der Waals surface area (Å²) in [6.45, 7) is 0. The highest BCUT2D eigenvalue weighted by Crippen LogP contribution is 2.56. The van der Waals surface area contributed by atoms with Gasteiger partial charge in [0.15, 0.2) is 11.2 Å². The molecule has 7 heteroatoms. The van der Waals surface area contributed by atoms with E-state index < -0.39 is 5.56 Å². The number of nitrogens with zero attached hydrogens (tertiary/aromatic N) is 4. The lowest BCUT2D eigenvalue weighted by atomic mass is 9.53. The van der Waals surface area contributed by atoms with Gasteiger partial charge in [-0.15, -0.1) is 0 Å². The van der Waals surface area contributed by atoms with Crippen molar-refractivity contribution in [2.45, 2.75) is 44.1 Å². The lowest BCUT2D eigenvalue weighted by molar-refractivity contribution is 0.0105. The third-order valence-corrected chi connectivity index (χ3v) is 6.58. The van der Waals surface area contributed by atoms with E-state index in [1.54, 1.807) is 13.2 Å². The van der Waals surface area contributed by atoms with Crippen LogP contribution >= 0.6 is 0 Å². The Morgan fingerprint density at radius 2 is 1.64 bits per heavy atom. The van der Waals surface area contributed by atoms with E-state index in [2.05, 4.69) is 15.3 Å². The minimum atomic E-state index is -0.396. The van der Waals surface area contributed by atoms with Gasteiger partial charge in [-0.05, 0) is 56.3 Å². The molecule has 6 rings (SSSR count). The zero-order valence-corrected chi connectivity index (χ0v) is 14.7. The minimum Gasteiger partial charge on any atom is -0.363 e. The van der Waals surface area contributed by atoms with Crippen molar-refractivity contribution in [3.05, 3.63) is 27.0 Å². The molecule has 4 fully saturated rings. The van der Waals surface area contributed by atoms with Gasteiger partial charge in [0.1, 0.15) is 5.82 Å². The molecule has 0 aromatic carbocycles. The standard InChI is InChI=1S/C18H23N5O2/c1-22-15-14(16(24)23(2)17(22)25)19-9-13(20-15)21-18-6-10-3-11(7-18)5-12(4-10)8-18/h9-12H,3-8H2,1-2H3,(H,20,21). The van der Waals surface area contributed by atoms with E-state index in [1.165, 1.54) is 50.1 Å². The van der Waals surface area contributed by atoms with E-state index in [0.717, 1.165) is 22.3 Å². The minimum absolute atomic E-state index is 0.121. The van der Waals surface area contributed by atoms with Crippen LogP contribution in [0.4, 0.5) is 5.82 Å². The predicted molar refractivity (Wildman–Crippen MR) is 94.5 cm³/mol. The average molecular weight is 341 g/mol. The third-order valence-electron chi connectivity index (χ3n) is 6.58. The van der Waals surface area contributed by atoms with Gasteiger partial charge in [-0.2, -0.15) is 0 Å². The number of hydrogen-bond acceptors (Lipinski definition) is 5. The molecule has 2 heterocycles. The first-order valence-electron chi connectivity index (χ1n) is 9.15. The van der Waals surface area contributed by atoms with E-state index in [0.29, 0.717) is 11.5 Å². The fourth-order valence-electron chi connectivity index (χ4n) is 5.92. The molecule has 2 aromatic rings. The lowest BCUT2D eigenvalue weighted by Gasteiger charge is -2.57. The first kappa shape index (κ1) is 15.1. The maximum atomic E-state index is 12.2. The average Bonchev–Trinajstić information content (AvgIpc) is 2.56. The highest BCUT2D eigenvalue weighted by Gasteiger charge is 2.51. The topological polar surface area (TPSA) is 81.8 Å². The molecule has 4 aliphatic rings. The Balaban J connectivity index is 1.56. The Bertz CT molecular complexity index is 954. The van der Waals surface area contributed by atoms with Gasteiger partial charge in [-0.3, -0.25) is 13.9 Å². The molecule has 0 amide bonds. The summed E-state index contributed by atoms with van der Waals surface area (Å²) in [6.07, 6.45) is 9.40. The number of fused-ring (bicyclic) bond motifs is 1. The smallest absolute Gasteiger partial charge is 0.332 e. The molecule has 4 bridgehead atoms. The normalized spacial score (nSPS) is 33.1. The number of rotatable bonds is 2. The van der Waals surface area contributed by atoms with E-state index >= 15 is 0 Å². The second-order valence-corrected chi connectivity index (χ2v) is 8.46. The molecule has 0 atom stereocenters. The largest absolute Gasteiger partial charge is 0.363 e. The van der Waals surface area contributed by atoms with E-state index in [1.807, 2.05) is 0 Å². The van der Waals surface area contributed by atoms with Crippen molar-refractivity contribution in [1.82, 2.24) is 19.1 Å². The van der Waals surface area contributed by atoms with Gasteiger partial charge >= 0.3 is 5.69 Å². The van der Waals surface area contributed by atoms with Crippen molar-refractivity contribution in [1.29, 1.82) is 0 Å². The second-order valence-electron chi connectivity index (χ2n) is 8.46. The molecule has 0 aliphatic heterocycles. The van der Waals surface area contributed by atoms with Crippen molar-refractivity contribution in [3.8, 4) is 0 Å². The fraction of sp³-hybridized carbons (Fsp3) is 0.667. The first-order valence-corrected chi connectivity index (χ1v) is 9.15. The third kappa shape index (κ3) is 2.17. The van der Waals surface area contributed by atoms with Crippen molar-refractivity contribution in [2.75, 3.05) is 5.32 Å². The van der Waals surface area contributed by atoms with Crippen LogP contribution in [0.2, 0.25) is 0 Å². The number of hydrogen-bond donors (Lipinski definition) is 1. The fourth-order valence-corrected chi connectivity index (χ4v) is 5.92. The zero-order valence-electron chi connectivity index (χ0n) is 14.7. The molecule has 0 unspecified atom stereocenters. The zero-order chi connectivity index (χ0) is 17.3. The van der Waals surface area contributed by atoms with Crippen LogP contribution in [0.3, 0.4) is 0 Å². The molecule has 7 nitrogen and oxygen atoms in total. The highest BCUT2D eigenvalue weighted by atomic mass is 16.2. The molecule has 0 radical (unpaired) electrons. The second kappa shape index (κ2) is 4.93. The van der Waals surface area contributed by atoms with Crippen LogP contribution in [-0.2, 0) is 14.1 Å². The number of aromatic nitrogens is 4. The SMILES string of the molecule is Cn1c(=O)c2ncc(NC34CC5CC(CC(C5)C3)C4)nc2n(C)c1=O. The summed E-state index contributed by atoms with van der Waals surface area (Å²) in [7, 11) is 3.10. The quantitative estimate of drug-likeness (QED) is 0.893. The maximum absolute atomic E-state index is 12.2. The van der Waals surface area contributed by atoms with E-state index in [-0.39, 0.29) is 16.7 Å². The van der Waals surface area contributed by atoms with Gasteiger partial charge in [0, 0.05) is 19.6 Å². The van der Waals surface area contributed by atoms with Crippen LogP contribution in [0.15, 0.2) is 15.8 Å². The van der Waals surface area contributed by atoms with E-state index in [9.17, 15) is 9.59 Å². The Labute approximate surface area is 145 Å². The predicted octanol–water partition coefficient (Wildman–Crippen LogP) is 1.41. The van der Waals surface area contributed by atoms with Crippen LogP contribution in [0.1, 0.15) is 38.5 Å². The van der Waals surface area contributed by atoms with Crippen LogP contribution in [0, 0.1) is 17.8 Å². The first-order chi connectivity index (χ1) is 11.9. The molecule has 25 heavy (non-hydrogen) atoms. The van der Waals surface area contributed by atoms with Gasteiger partial charge in [0.2, 0.25) is 0 Å². The van der Waals surface area contributed by atoms with Gasteiger partial charge in [0.25, 0.3) is 5.56 Å². The summed E-state index contributed by atoms with van der Waals surface area (Å²) in [6, 6.07) is 0. The molecule has 2 aromatic heterocycles. The lowest BCUT2D eigenvalue weighted by Crippen LogP contribution is -2.54. The van der Waals surface area contributed by atoms with Crippen LogP contribution in [0.25, 0.3) is 11.2 Å². The summed E-state index contributed by atoms with van der Waals surface area (Å²) in [4.78, 5) is 33.3. The number of aryl methyl sites for hydroxylation is 1. The maximum Gasteiger partial charge on any atom is 0.332 e. The molecule has 4 aliphatic carbocycles. The Morgan fingerprint density at radius 3 is 2.24 bits per heavy atom. The summed E-state index contributed by atoms with van der Waals surface area (Å²) in [5.41, 5.74) is -0.0652. The van der Waals surface area contributed by atoms with Crippen molar-refractivity contribution < 1.29 is 0 Å². The van der Waals surface area contributed by atoms with Gasteiger partial charge in [-0.1, -0.05) is 0 Å². The highest BCUT2D eigenvalue weighted by molar-refractivity contribution is 5.70. The monoisotopic (exact) mass is 341 g/mol. The molecule has 1 N–H and O–H groups in total. The molecule has 0 saturated heterocycles. The Kier molecular flexibility index (Phi) is 2.98. The Hall–Kier alpha value is -2.18. The summed E-state index contributed by atoms with van der Waals surface area (Å²) >= 11 is 0. The molecular weight excluding hydrogens is 318 g/mol. The molecular formula is C18H23N5O2. The van der Waals surface area contributed by atoms with Crippen LogP contribution < -0.4 is 16.6 Å². The van der Waals surface area contributed by atoms with E-state index in [4.69, 9.17) is 0 Å². The van der Waals surface area contributed by atoms with Crippen LogP contribution in [-0.4, -0.2) is 24.6 Å². The van der Waals surface area contributed by atoms with Gasteiger partial charge in [0.05, 0.1) is 6.20 Å². The molecule has 132 valence electrons. The van der Waals surface area contributed by atoms with Gasteiger partial charge in [-0.25, -0.2) is 14.8 Å². The summed E-state index contributed by atoms with van der Waals surface area (Å²) in [5, 5.41) is 3.66. The number of anilines is 1. The van der Waals surface area contributed by atoms with Crippen molar-refractivity contribution in [3.63, 3.8) is 0 Å². The van der Waals surface area contributed by atoms with Crippen molar-refractivity contribution >= 4 is 17.0 Å². The summed E-state index contributed by atoms with van der Waals surface area (Å²) in [5.74, 6) is 3.19. The molecule has 0 spiro atoms.